The minimum absolute atomic E-state index is 0.162. The highest BCUT2D eigenvalue weighted by Gasteiger charge is 2.39. The maximum Gasteiger partial charge on any atom is 0.435 e. The average molecular weight is 502 g/mol. The largest absolute Gasteiger partial charge is 0.447 e. The lowest BCUT2D eigenvalue weighted by Gasteiger charge is -2.32. The summed E-state index contributed by atoms with van der Waals surface area (Å²) in [6.07, 6.45) is -1.33. The van der Waals surface area contributed by atoms with Crippen molar-refractivity contribution in [3.05, 3.63) is 71.7 Å². The Kier molecular flexibility index (Phi) is 7.27. The number of nitrogens with zero attached hydrogens (tertiary/aromatic N) is 4. The SMILES string of the molecule is CC(C)OC(=O)N1CCC(c2ccc(NC(=O)c3cn(-c4ccccn4)nc3C(F)(F)F)cc2)CC1. The molecular weight excluding hydrogens is 475 g/mol. The van der Waals surface area contributed by atoms with Crippen molar-refractivity contribution < 1.29 is 27.5 Å². The van der Waals surface area contributed by atoms with Crippen molar-refractivity contribution in [2.45, 2.75) is 44.9 Å². The van der Waals surface area contributed by atoms with Gasteiger partial charge in [-0.15, -0.1) is 0 Å². The first-order valence-corrected chi connectivity index (χ1v) is 11.6. The van der Waals surface area contributed by atoms with Crippen molar-refractivity contribution in [3.63, 3.8) is 0 Å². The van der Waals surface area contributed by atoms with Gasteiger partial charge in [-0.3, -0.25) is 4.79 Å². The number of rotatable bonds is 5. The van der Waals surface area contributed by atoms with E-state index in [1.54, 1.807) is 29.2 Å². The summed E-state index contributed by atoms with van der Waals surface area (Å²) in [6, 6.07) is 11.7. The maximum atomic E-state index is 13.6. The summed E-state index contributed by atoms with van der Waals surface area (Å²) >= 11 is 0. The number of hydrogen-bond donors (Lipinski definition) is 1. The summed E-state index contributed by atoms with van der Waals surface area (Å²) in [7, 11) is 0. The van der Waals surface area contributed by atoms with Gasteiger partial charge in [0, 0.05) is 31.2 Å². The number of benzene rings is 1. The highest BCUT2D eigenvalue weighted by molar-refractivity contribution is 6.05. The molecule has 4 rings (SSSR count). The fraction of sp³-hybridized carbons (Fsp3) is 0.360. The van der Waals surface area contributed by atoms with Crippen molar-refractivity contribution in [1.82, 2.24) is 19.7 Å². The number of carbonyl (C=O) groups is 2. The molecule has 36 heavy (non-hydrogen) atoms. The number of amides is 2. The quantitative estimate of drug-likeness (QED) is 0.515. The molecule has 1 fully saturated rings. The fourth-order valence-electron chi connectivity index (χ4n) is 4.06. The van der Waals surface area contributed by atoms with Crippen LogP contribution in [0.1, 0.15) is 54.2 Å². The third kappa shape index (κ3) is 5.84. The molecule has 0 unspecified atom stereocenters. The molecule has 190 valence electrons. The van der Waals surface area contributed by atoms with Gasteiger partial charge in [-0.05, 0) is 62.4 Å². The Balaban J connectivity index is 1.43. The summed E-state index contributed by atoms with van der Waals surface area (Å²) in [5, 5.41) is 6.08. The molecule has 1 aliphatic rings. The molecule has 2 amide bonds. The van der Waals surface area contributed by atoms with E-state index in [4.69, 9.17) is 4.74 Å². The van der Waals surface area contributed by atoms with E-state index in [1.165, 1.54) is 12.3 Å². The third-order valence-electron chi connectivity index (χ3n) is 5.84. The molecule has 11 heteroatoms. The molecule has 0 radical (unpaired) electrons. The molecule has 1 aliphatic heterocycles. The van der Waals surface area contributed by atoms with Gasteiger partial charge in [-0.1, -0.05) is 18.2 Å². The monoisotopic (exact) mass is 501 g/mol. The molecule has 0 atom stereocenters. The number of likely N-dealkylation sites (tertiary alicyclic amines) is 1. The molecule has 0 spiro atoms. The molecule has 1 N–H and O–H groups in total. The first kappa shape index (κ1) is 25.2. The van der Waals surface area contributed by atoms with Gasteiger partial charge in [0.05, 0.1) is 11.7 Å². The van der Waals surface area contributed by atoms with Crippen LogP contribution in [0.2, 0.25) is 0 Å². The molecule has 0 bridgehead atoms. The number of ether oxygens (including phenoxy) is 1. The smallest absolute Gasteiger partial charge is 0.435 e. The minimum Gasteiger partial charge on any atom is -0.447 e. The molecule has 3 aromatic rings. The Morgan fingerprint density at radius 1 is 1.08 bits per heavy atom. The molecule has 1 saturated heterocycles. The highest BCUT2D eigenvalue weighted by atomic mass is 19.4. The molecule has 2 aromatic heterocycles. The number of aromatic nitrogens is 3. The number of halogens is 3. The number of nitrogens with one attached hydrogen (secondary N) is 1. The predicted octanol–water partition coefficient (Wildman–Crippen LogP) is 5.26. The lowest BCUT2D eigenvalue weighted by Crippen LogP contribution is -2.39. The average Bonchev–Trinajstić information content (AvgIpc) is 3.31. The van der Waals surface area contributed by atoms with E-state index in [0.29, 0.717) is 18.8 Å². The normalized spacial score (nSPS) is 14.7. The van der Waals surface area contributed by atoms with E-state index in [0.717, 1.165) is 29.3 Å². The van der Waals surface area contributed by atoms with Crippen molar-refractivity contribution in [2.24, 2.45) is 0 Å². The summed E-state index contributed by atoms with van der Waals surface area (Å²) in [6.45, 7) is 4.77. The van der Waals surface area contributed by atoms with Crippen molar-refractivity contribution in [1.29, 1.82) is 0 Å². The summed E-state index contributed by atoms with van der Waals surface area (Å²) in [5.41, 5.74) is -0.493. The number of carbonyl (C=O) groups excluding carboxylic acids is 2. The number of anilines is 1. The molecule has 1 aromatic carbocycles. The van der Waals surface area contributed by atoms with E-state index in [-0.39, 0.29) is 23.9 Å². The van der Waals surface area contributed by atoms with Crippen LogP contribution in [0.4, 0.5) is 23.7 Å². The van der Waals surface area contributed by atoms with E-state index in [1.807, 2.05) is 26.0 Å². The van der Waals surface area contributed by atoms with Gasteiger partial charge in [-0.25, -0.2) is 14.5 Å². The predicted molar refractivity (Wildman–Crippen MR) is 126 cm³/mol. The van der Waals surface area contributed by atoms with E-state index >= 15 is 0 Å². The summed E-state index contributed by atoms with van der Waals surface area (Å²) in [4.78, 5) is 30.5. The van der Waals surface area contributed by atoms with Gasteiger partial charge in [0.1, 0.15) is 0 Å². The van der Waals surface area contributed by atoms with Gasteiger partial charge in [-0.2, -0.15) is 18.3 Å². The Morgan fingerprint density at radius 3 is 2.36 bits per heavy atom. The maximum absolute atomic E-state index is 13.6. The summed E-state index contributed by atoms with van der Waals surface area (Å²) in [5.74, 6) is -0.532. The Hall–Kier alpha value is -3.89. The molecule has 0 saturated carbocycles. The standard InChI is InChI=1S/C25H26F3N5O3/c1-16(2)36-24(35)32-13-10-18(11-14-32)17-6-8-19(9-7-17)30-23(34)20-15-33(21-5-3-4-12-29-21)31-22(20)25(26,27)28/h3-9,12,15-16,18H,10-11,13-14H2,1-2H3,(H,30,34). The third-order valence-corrected chi connectivity index (χ3v) is 5.84. The van der Waals surface area contributed by atoms with Crippen LogP contribution in [-0.2, 0) is 10.9 Å². The zero-order valence-corrected chi connectivity index (χ0v) is 19.8. The topological polar surface area (TPSA) is 89.4 Å². The van der Waals surface area contributed by atoms with Crippen LogP contribution in [-0.4, -0.2) is 50.9 Å². The van der Waals surface area contributed by atoms with E-state index in [2.05, 4.69) is 15.4 Å². The molecule has 0 aliphatic carbocycles. The zero-order valence-electron chi connectivity index (χ0n) is 19.8. The van der Waals surface area contributed by atoms with Gasteiger partial charge < -0.3 is 15.0 Å². The van der Waals surface area contributed by atoms with Crippen LogP contribution in [0.5, 0.6) is 0 Å². The van der Waals surface area contributed by atoms with Gasteiger partial charge in [0.2, 0.25) is 0 Å². The Labute approximate surface area is 206 Å². The number of alkyl halides is 3. The number of pyridine rings is 1. The van der Waals surface area contributed by atoms with Crippen molar-refractivity contribution in [3.8, 4) is 5.82 Å². The van der Waals surface area contributed by atoms with Gasteiger partial charge in [0.15, 0.2) is 11.5 Å². The van der Waals surface area contributed by atoms with Crippen LogP contribution >= 0.6 is 0 Å². The second-order valence-electron chi connectivity index (χ2n) is 8.79. The summed E-state index contributed by atoms with van der Waals surface area (Å²) < 4.78 is 46.9. The first-order chi connectivity index (χ1) is 17.1. The minimum atomic E-state index is -4.81. The van der Waals surface area contributed by atoms with E-state index in [9.17, 15) is 22.8 Å². The van der Waals surface area contributed by atoms with Gasteiger partial charge in [0.25, 0.3) is 5.91 Å². The fourth-order valence-corrected chi connectivity index (χ4v) is 4.06. The number of hydrogen-bond acceptors (Lipinski definition) is 5. The molecule has 8 nitrogen and oxygen atoms in total. The van der Waals surface area contributed by atoms with Crippen LogP contribution in [0.3, 0.4) is 0 Å². The van der Waals surface area contributed by atoms with Crippen molar-refractivity contribution in [2.75, 3.05) is 18.4 Å². The second kappa shape index (κ2) is 10.4. The second-order valence-corrected chi connectivity index (χ2v) is 8.79. The lowest BCUT2D eigenvalue weighted by atomic mass is 9.89. The Bertz CT molecular complexity index is 1200. The Morgan fingerprint density at radius 2 is 1.78 bits per heavy atom. The van der Waals surface area contributed by atoms with E-state index < -0.39 is 23.3 Å². The molecule has 3 heterocycles. The molecular formula is C25H26F3N5O3. The highest BCUT2D eigenvalue weighted by Crippen LogP contribution is 2.32. The van der Waals surface area contributed by atoms with Crippen molar-refractivity contribution >= 4 is 17.7 Å². The zero-order chi connectivity index (χ0) is 25.9. The van der Waals surface area contributed by atoms with Crippen LogP contribution < -0.4 is 5.32 Å². The van der Waals surface area contributed by atoms with Crippen LogP contribution in [0.25, 0.3) is 5.82 Å². The lowest BCUT2D eigenvalue weighted by molar-refractivity contribution is -0.141. The van der Waals surface area contributed by atoms with Gasteiger partial charge >= 0.3 is 12.3 Å². The van der Waals surface area contributed by atoms with Crippen LogP contribution in [0, 0.1) is 0 Å². The first-order valence-electron chi connectivity index (χ1n) is 11.6. The van der Waals surface area contributed by atoms with Crippen LogP contribution in [0.15, 0.2) is 54.9 Å². The number of piperidine rings is 1.